The first-order valence-electron chi connectivity index (χ1n) is 8.58. The van der Waals surface area contributed by atoms with Crippen molar-refractivity contribution in [3.8, 4) is 0 Å². The predicted molar refractivity (Wildman–Crippen MR) is 91.3 cm³/mol. The highest BCUT2D eigenvalue weighted by molar-refractivity contribution is 7.09. The van der Waals surface area contributed by atoms with Gasteiger partial charge in [-0.2, -0.15) is 0 Å². The summed E-state index contributed by atoms with van der Waals surface area (Å²) < 4.78 is 5.47. The third kappa shape index (κ3) is 4.28. The Labute approximate surface area is 138 Å². The highest BCUT2D eigenvalue weighted by atomic mass is 32.1. The molecule has 0 saturated carbocycles. The smallest absolute Gasteiger partial charge is 0.110 e. The second-order valence-electron chi connectivity index (χ2n) is 7.41. The molecule has 5 heteroatoms. The lowest BCUT2D eigenvalue weighted by Gasteiger charge is -2.42. The molecule has 2 aliphatic rings. The van der Waals surface area contributed by atoms with Crippen LogP contribution < -0.4 is 0 Å². The first-order valence-corrected chi connectivity index (χ1v) is 9.46. The summed E-state index contributed by atoms with van der Waals surface area (Å²) in [5, 5.41) is 3.42. The van der Waals surface area contributed by atoms with Gasteiger partial charge in [0, 0.05) is 37.8 Å². The SMILES string of the molecule is CC(C)(CN1CCOCC1)CN1CCCCC1c1nccs1. The van der Waals surface area contributed by atoms with Crippen LogP contribution in [0.3, 0.4) is 0 Å². The Bertz CT molecular complexity index is 443. The van der Waals surface area contributed by atoms with Gasteiger partial charge in [0.1, 0.15) is 5.01 Å². The van der Waals surface area contributed by atoms with E-state index in [1.807, 2.05) is 17.5 Å². The molecule has 0 spiro atoms. The third-order valence-electron chi connectivity index (χ3n) is 4.74. The van der Waals surface area contributed by atoms with Crippen LogP contribution in [0.1, 0.15) is 44.2 Å². The van der Waals surface area contributed by atoms with E-state index in [4.69, 9.17) is 4.74 Å². The Morgan fingerprint density at radius 3 is 2.77 bits per heavy atom. The van der Waals surface area contributed by atoms with Crippen molar-refractivity contribution >= 4 is 11.3 Å². The van der Waals surface area contributed by atoms with Gasteiger partial charge in [0.15, 0.2) is 0 Å². The van der Waals surface area contributed by atoms with Gasteiger partial charge in [-0.1, -0.05) is 20.3 Å². The van der Waals surface area contributed by atoms with Crippen LogP contribution in [0.5, 0.6) is 0 Å². The molecule has 22 heavy (non-hydrogen) atoms. The number of rotatable bonds is 5. The average Bonchev–Trinajstić information content (AvgIpc) is 3.02. The number of aromatic nitrogens is 1. The summed E-state index contributed by atoms with van der Waals surface area (Å²) in [4.78, 5) is 9.83. The Hall–Kier alpha value is -0.490. The van der Waals surface area contributed by atoms with Crippen molar-refractivity contribution in [1.82, 2.24) is 14.8 Å². The molecule has 1 aromatic heterocycles. The fraction of sp³-hybridized carbons (Fsp3) is 0.824. The lowest BCUT2D eigenvalue weighted by Crippen LogP contribution is -2.47. The normalized spacial score (nSPS) is 25.5. The second kappa shape index (κ2) is 7.39. The second-order valence-corrected chi connectivity index (χ2v) is 8.33. The fourth-order valence-corrected chi connectivity index (χ4v) is 4.63. The van der Waals surface area contributed by atoms with Crippen molar-refractivity contribution in [3.63, 3.8) is 0 Å². The molecule has 124 valence electrons. The minimum Gasteiger partial charge on any atom is -0.379 e. The number of ether oxygens (including phenoxy) is 1. The highest BCUT2D eigenvalue weighted by Crippen LogP contribution is 2.34. The largest absolute Gasteiger partial charge is 0.379 e. The molecule has 1 unspecified atom stereocenters. The van der Waals surface area contributed by atoms with E-state index in [9.17, 15) is 0 Å². The van der Waals surface area contributed by atoms with Crippen molar-refractivity contribution in [3.05, 3.63) is 16.6 Å². The van der Waals surface area contributed by atoms with Gasteiger partial charge in [0.05, 0.1) is 19.3 Å². The lowest BCUT2D eigenvalue weighted by atomic mass is 9.89. The van der Waals surface area contributed by atoms with Gasteiger partial charge in [0.2, 0.25) is 0 Å². The van der Waals surface area contributed by atoms with Crippen molar-refractivity contribution < 1.29 is 4.74 Å². The van der Waals surface area contributed by atoms with Crippen LogP contribution in [0.4, 0.5) is 0 Å². The van der Waals surface area contributed by atoms with E-state index in [1.54, 1.807) is 0 Å². The molecule has 0 aromatic carbocycles. The van der Waals surface area contributed by atoms with Crippen LogP contribution in [-0.4, -0.2) is 60.7 Å². The summed E-state index contributed by atoms with van der Waals surface area (Å²) in [6.45, 7) is 12.3. The molecule has 2 fully saturated rings. The third-order valence-corrected chi connectivity index (χ3v) is 5.61. The van der Waals surface area contributed by atoms with E-state index in [1.165, 1.54) is 30.8 Å². The van der Waals surface area contributed by atoms with Gasteiger partial charge in [0.25, 0.3) is 0 Å². The Balaban J connectivity index is 1.61. The summed E-state index contributed by atoms with van der Waals surface area (Å²) in [5.41, 5.74) is 0.310. The van der Waals surface area contributed by atoms with Gasteiger partial charge in [-0.25, -0.2) is 4.98 Å². The number of thiazole rings is 1. The van der Waals surface area contributed by atoms with Crippen molar-refractivity contribution in [2.45, 2.75) is 39.2 Å². The van der Waals surface area contributed by atoms with Crippen molar-refractivity contribution in [2.24, 2.45) is 5.41 Å². The van der Waals surface area contributed by atoms with Crippen LogP contribution >= 0.6 is 11.3 Å². The standard InChI is InChI=1S/C17H29N3OS/c1-17(2,13-19-8-10-21-11-9-19)14-20-7-4-3-5-15(20)16-18-6-12-22-16/h6,12,15H,3-5,7-11,13-14H2,1-2H3. The molecule has 2 aliphatic heterocycles. The highest BCUT2D eigenvalue weighted by Gasteiger charge is 2.32. The van der Waals surface area contributed by atoms with E-state index in [0.717, 1.165) is 39.4 Å². The zero-order chi connectivity index (χ0) is 15.4. The molecule has 1 atom stereocenters. The van der Waals surface area contributed by atoms with Crippen LogP contribution in [0.25, 0.3) is 0 Å². The van der Waals surface area contributed by atoms with Gasteiger partial charge in [-0.05, 0) is 24.8 Å². The minimum atomic E-state index is 0.310. The maximum Gasteiger partial charge on any atom is 0.110 e. The van der Waals surface area contributed by atoms with E-state index in [2.05, 4.69) is 34.0 Å². The Morgan fingerprint density at radius 2 is 2.05 bits per heavy atom. The number of piperidine rings is 1. The van der Waals surface area contributed by atoms with E-state index in [0.29, 0.717) is 11.5 Å². The molecule has 2 saturated heterocycles. The lowest BCUT2D eigenvalue weighted by molar-refractivity contribution is 0.00849. The molecular formula is C17H29N3OS. The average molecular weight is 324 g/mol. The number of morpholine rings is 1. The van der Waals surface area contributed by atoms with Crippen molar-refractivity contribution in [1.29, 1.82) is 0 Å². The van der Waals surface area contributed by atoms with Crippen LogP contribution in [0.2, 0.25) is 0 Å². The van der Waals surface area contributed by atoms with E-state index in [-0.39, 0.29) is 0 Å². The van der Waals surface area contributed by atoms with Crippen LogP contribution in [0, 0.1) is 5.41 Å². The van der Waals surface area contributed by atoms with E-state index >= 15 is 0 Å². The van der Waals surface area contributed by atoms with Crippen LogP contribution in [0.15, 0.2) is 11.6 Å². The summed E-state index contributed by atoms with van der Waals surface area (Å²) in [6.07, 6.45) is 5.88. The summed E-state index contributed by atoms with van der Waals surface area (Å²) in [6, 6.07) is 0.540. The number of nitrogens with zero attached hydrogens (tertiary/aromatic N) is 3. The predicted octanol–water partition coefficient (Wildman–Crippen LogP) is 3.03. The van der Waals surface area contributed by atoms with Gasteiger partial charge >= 0.3 is 0 Å². The quantitative estimate of drug-likeness (QED) is 0.833. The molecule has 0 amide bonds. The topological polar surface area (TPSA) is 28.6 Å². The fourth-order valence-electron chi connectivity index (χ4n) is 3.82. The molecular weight excluding hydrogens is 294 g/mol. The van der Waals surface area contributed by atoms with E-state index < -0.39 is 0 Å². The molecule has 4 nitrogen and oxygen atoms in total. The van der Waals surface area contributed by atoms with Gasteiger partial charge in [-0.15, -0.1) is 11.3 Å². The number of hydrogen-bond acceptors (Lipinski definition) is 5. The van der Waals surface area contributed by atoms with Crippen LogP contribution in [-0.2, 0) is 4.74 Å². The first kappa shape index (κ1) is 16.4. The molecule has 0 aliphatic carbocycles. The first-order chi connectivity index (χ1) is 10.6. The number of hydrogen-bond donors (Lipinski definition) is 0. The Morgan fingerprint density at radius 1 is 1.23 bits per heavy atom. The molecule has 3 rings (SSSR count). The molecule has 0 N–H and O–H groups in total. The minimum absolute atomic E-state index is 0.310. The molecule has 0 bridgehead atoms. The summed E-state index contributed by atoms with van der Waals surface area (Å²) >= 11 is 1.82. The number of likely N-dealkylation sites (tertiary alicyclic amines) is 1. The monoisotopic (exact) mass is 323 g/mol. The summed E-state index contributed by atoms with van der Waals surface area (Å²) in [5.74, 6) is 0. The molecule has 1 aromatic rings. The molecule has 3 heterocycles. The maximum atomic E-state index is 5.47. The molecule has 0 radical (unpaired) electrons. The van der Waals surface area contributed by atoms with Crippen molar-refractivity contribution in [2.75, 3.05) is 45.9 Å². The Kier molecular flexibility index (Phi) is 5.50. The maximum absolute atomic E-state index is 5.47. The zero-order valence-corrected chi connectivity index (χ0v) is 14.8. The zero-order valence-electron chi connectivity index (χ0n) is 14.0. The van der Waals surface area contributed by atoms with Gasteiger partial charge in [-0.3, -0.25) is 9.80 Å². The van der Waals surface area contributed by atoms with Gasteiger partial charge < -0.3 is 4.74 Å². The summed E-state index contributed by atoms with van der Waals surface area (Å²) in [7, 11) is 0.